The van der Waals surface area contributed by atoms with E-state index in [1.54, 1.807) is 32.7 Å². The van der Waals surface area contributed by atoms with E-state index in [0.29, 0.717) is 35.7 Å². The summed E-state index contributed by atoms with van der Waals surface area (Å²) < 4.78 is 16.3. The van der Waals surface area contributed by atoms with Gasteiger partial charge in [0.15, 0.2) is 17.3 Å². The van der Waals surface area contributed by atoms with Crippen molar-refractivity contribution in [2.45, 2.75) is 31.1 Å². The predicted octanol–water partition coefficient (Wildman–Crippen LogP) is 3.78. The summed E-state index contributed by atoms with van der Waals surface area (Å²) in [4.78, 5) is 26.8. The number of amides is 1. The van der Waals surface area contributed by atoms with Crippen LogP contribution in [0.2, 0.25) is 0 Å². The molecule has 1 aromatic heterocycles. The second-order valence-corrected chi connectivity index (χ2v) is 8.18. The molecule has 2 aliphatic rings. The average molecular weight is 413 g/mol. The number of nitrogens with one attached hydrogen (secondary N) is 1. The van der Waals surface area contributed by atoms with Crippen LogP contribution in [0.3, 0.4) is 0 Å². The first-order chi connectivity index (χ1) is 14.0. The Labute approximate surface area is 173 Å². The summed E-state index contributed by atoms with van der Waals surface area (Å²) in [5.41, 5.74) is 2.26. The molecule has 1 aliphatic carbocycles. The zero-order chi connectivity index (χ0) is 20.5. The summed E-state index contributed by atoms with van der Waals surface area (Å²) in [6.07, 6.45) is 1.33. The normalized spacial score (nSPS) is 21.5. The minimum absolute atomic E-state index is 0.0814. The lowest BCUT2D eigenvalue weighted by Gasteiger charge is -2.34. The van der Waals surface area contributed by atoms with Crippen LogP contribution >= 0.6 is 11.3 Å². The van der Waals surface area contributed by atoms with Gasteiger partial charge in [0.05, 0.1) is 21.3 Å². The van der Waals surface area contributed by atoms with Gasteiger partial charge in [0, 0.05) is 40.8 Å². The van der Waals surface area contributed by atoms with E-state index in [2.05, 4.69) is 11.4 Å². The molecule has 29 heavy (non-hydrogen) atoms. The Morgan fingerprint density at radius 2 is 1.72 bits per heavy atom. The highest BCUT2D eigenvalue weighted by atomic mass is 32.1. The number of ether oxygens (including phenoxy) is 3. The molecule has 4 rings (SSSR count). The lowest BCUT2D eigenvalue weighted by Crippen LogP contribution is -2.38. The molecule has 0 saturated carbocycles. The SMILES string of the molecule is COc1cc([C@@H]2CC(=O)NC3=C2C(=O)C[C@@H](c2cccs2)C3)cc(OC)c1OC. The number of rotatable bonds is 5. The van der Waals surface area contributed by atoms with Crippen molar-refractivity contribution in [3.63, 3.8) is 0 Å². The molecule has 0 bridgehead atoms. The number of benzene rings is 1. The fourth-order valence-electron chi connectivity index (χ4n) is 4.27. The molecular weight excluding hydrogens is 390 g/mol. The summed E-state index contributed by atoms with van der Waals surface area (Å²) in [7, 11) is 4.65. The molecule has 152 valence electrons. The molecule has 2 atom stereocenters. The summed E-state index contributed by atoms with van der Waals surface area (Å²) in [6.45, 7) is 0. The van der Waals surface area contributed by atoms with Crippen LogP contribution < -0.4 is 19.5 Å². The largest absolute Gasteiger partial charge is 0.493 e. The molecule has 6 nitrogen and oxygen atoms in total. The fraction of sp³-hybridized carbons (Fsp3) is 0.364. The van der Waals surface area contributed by atoms with E-state index < -0.39 is 0 Å². The maximum Gasteiger partial charge on any atom is 0.225 e. The Morgan fingerprint density at radius 1 is 1.00 bits per heavy atom. The maximum absolute atomic E-state index is 13.2. The van der Waals surface area contributed by atoms with Crippen molar-refractivity contribution in [3.05, 3.63) is 51.4 Å². The van der Waals surface area contributed by atoms with Crippen LogP contribution in [0, 0.1) is 0 Å². The lowest BCUT2D eigenvalue weighted by atomic mass is 9.74. The standard InChI is InChI=1S/C22H23NO5S/c1-26-17-9-12(10-18(27-2)22(17)28-3)14-11-20(25)23-15-7-13(8-16(24)21(14)15)19-5-4-6-29-19/h4-6,9-10,13-14H,7-8,11H2,1-3H3,(H,23,25)/t13-,14-/m0/s1. The number of carbonyl (C=O) groups excluding carboxylic acids is 2. The second-order valence-electron chi connectivity index (χ2n) is 7.20. The van der Waals surface area contributed by atoms with Crippen molar-refractivity contribution in [2.24, 2.45) is 0 Å². The van der Waals surface area contributed by atoms with Gasteiger partial charge in [-0.2, -0.15) is 0 Å². The van der Waals surface area contributed by atoms with Crippen molar-refractivity contribution in [1.82, 2.24) is 5.32 Å². The molecule has 0 spiro atoms. The van der Waals surface area contributed by atoms with Crippen LogP contribution in [0.1, 0.15) is 41.5 Å². The van der Waals surface area contributed by atoms with Crippen molar-refractivity contribution in [3.8, 4) is 17.2 Å². The van der Waals surface area contributed by atoms with Crippen molar-refractivity contribution >= 4 is 23.0 Å². The third kappa shape index (κ3) is 3.51. The van der Waals surface area contributed by atoms with Gasteiger partial charge in [-0.1, -0.05) is 6.07 Å². The third-order valence-corrected chi connectivity index (χ3v) is 6.61. The van der Waals surface area contributed by atoms with E-state index in [1.807, 2.05) is 23.6 Å². The first-order valence-corrected chi connectivity index (χ1v) is 10.3. The number of carbonyl (C=O) groups is 2. The number of Topliss-reactive ketones (excluding diaryl/α,β-unsaturated/α-hetero) is 1. The fourth-order valence-corrected chi connectivity index (χ4v) is 5.10. The van der Waals surface area contributed by atoms with E-state index in [0.717, 1.165) is 11.3 Å². The lowest BCUT2D eigenvalue weighted by molar-refractivity contribution is -0.122. The van der Waals surface area contributed by atoms with Gasteiger partial charge in [0.2, 0.25) is 11.7 Å². The van der Waals surface area contributed by atoms with Crippen LogP contribution in [-0.2, 0) is 9.59 Å². The van der Waals surface area contributed by atoms with E-state index in [4.69, 9.17) is 14.2 Å². The Bertz CT molecular complexity index is 954. The van der Waals surface area contributed by atoms with Gasteiger partial charge < -0.3 is 19.5 Å². The highest BCUT2D eigenvalue weighted by Crippen LogP contribution is 2.46. The molecule has 7 heteroatoms. The molecule has 0 fully saturated rings. The molecule has 0 unspecified atom stereocenters. The van der Waals surface area contributed by atoms with Gasteiger partial charge in [-0.3, -0.25) is 9.59 Å². The smallest absolute Gasteiger partial charge is 0.225 e. The van der Waals surface area contributed by atoms with Crippen LogP contribution in [0.15, 0.2) is 40.9 Å². The van der Waals surface area contributed by atoms with Crippen LogP contribution in [-0.4, -0.2) is 33.0 Å². The number of allylic oxidation sites excluding steroid dienone is 2. The van der Waals surface area contributed by atoms with Crippen LogP contribution in [0.4, 0.5) is 0 Å². The van der Waals surface area contributed by atoms with E-state index in [9.17, 15) is 9.59 Å². The molecule has 1 N–H and O–H groups in total. The minimum atomic E-state index is -0.329. The number of ketones is 1. The molecule has 2 aromatic rings. The summed E-state index contributed by atoms with van der Waals surface area (Å²) in [6, 6.07) is 7.70. The second kappa shape index (κ2) is 7.91. The number of hydrogen-bond acceptors (Lipinski definition) is 6. The first kappa shape index (κ1) is 19.5. The van der Waals surface area contributed by atoms with Crippen molar-refractivity contribution in [2.75, 3.05) is 21.3 Å². The van der Waals surface area contributed by atoms with Crippen LogP contribution in [0.25, 0.3) is 0 Å². The molecule has 0 saturated heterocycles. The Balaban J connectivity index is 1.77. The van der Waals surface area contributed by atoms with Crippen molar-refractivity contribution < 1.29 is 23.8 Å². The number of hydrogen-bond donors (Lipinski definition) is 1. The van der Waals surface area contributed by atoms with Gasteiger partial charge in [-0.15, -0.1) is 11.3 Å². The highest BCUT2D eigenvalue weighted by Gasteiger charge is 2.39. The Morgan fingerprint density at radius 3 is 2.31 bits per heavy atom. The molecule has 1 aliphatic heterocycles. The monoisotopic (exact) mass is 413 g/mol. The van der Waals surface area contributed by atoms with E-state index in [1.165, 1.54) is 4.88 Å². The molecule has 1 aromatic carbocycles. The van der Waals surface area contributed by atoms with Crippen LogP contribution in [0.5, 0.6) is 17.2 Å². The van der Waals surface area contributed by atoms with Gasteiger partial charge >= 0.3 is 0 Å². The van der Waals surface area contributed by atoms with E-state index >= 15 is 0 Å². The molecule has 1 amide bonds. The predicted molar refractivity (Wildman–Crippen MR) is 110 cm³/mol. The zero-order valence-electron chi connectivity index (χ0n) is 16.6. The van der Waals surface area contributed by atoms with Gasteiger partial charge in [-0.05, 0) is 35.6 Å². The molecule has 0 radical (unpaired) electrons. The van der Waals surface area contributed by atoms with Gasteiger partial charge in [0.25, 0.3) is 0 Å². The van der Waals surface area contributed by atoms with Gasteiger partial charge in [-0.25, -0.2) is 0 Å². The summed E-state index contributed by atoms with van der Waals surface area (Å²) >= 11 is 1.65. The summed E-state index contributed by atoms with van der Waals surface area (Å²) in [5, 5.41) is 4.97. The number of methoxy groups -OCH3 is 3. The third-order valence-electron chi connectivity index (χ3n) is 5.57. The molecular formula is C22H23NO5S. The van der Waals surface area contributed by atoms with Gasteiger partial charge in [0.1, 0.15) is 0 Å². The highest BCUT2D eigenvalue weighted by molar-refractivity contribution is 7.10. The van der Waals surface area contributed by atoms with Crippen molar-refractivity contribution in [1.29, 1.82) is 0 Å². The minimum Gasteiger partial charge on any atom is -0.493 e. The zero-order valence-corrected chi connectivity index (χ0v) is 17.4. The number of thiophene rings is 1. The Kier molecular flexibility index (Phi) is 5.32. The topological polar surface area (TPSA) is 73.9 Å². The Hall–Kier alpha value is -2.80. The average Bonchev–Trinajstić information content (AvgIpc) is 3.26. The maximum atomic E-state index is 13.2. The van der Waals surface area contributed by atoms with E-state index in [-0.39, 0.29) is 29.9 Å². The summed E-state index contributed by atoms with van der Waals surface area (Å²) in [5.74, 6) is 1.29. The first-order valence-electron chi connectivity index (χ1n) is 9.45. The molecule has 2 heterocycles. The quantitative estimate of drug-likeness (QED) is 0.808.